The summed E-state index contributed by atoms with van der Waals surface area (Å²) in [4.78, 5) is 23.0. The molecule has 2 N–H and O–H groups in total. The minimum Gasteiger partial charge on any atom is -0.481 e. The van der Waals surface area contributed by atoms with Crippen LogP contribution in [0.1, 0.15) is 29.3 Å². The highest BCUT2D eigenvalue weighted by molar-refractivity contribution is 7.90. The molecule has 0 spiro atoms. The number of hydrogen-bond donors (Lipinski definition) is 2. The summed E-state index contributed by atoms with van der Waals surface area (Å²) in [5, 5.41) is 11.5. The summed E-state index contributed by atoms with van der Waals surface area (Å²) in [6, 6.07) is 4.30. The fourth-order valence-electron chi connectivity index (χ4n) is 1.79. The zero-order chi connectivity index (χ0) is 16.2. The van der Waals surface area contributed by atoms with Crippen molar-refractivity contribution < 1.29 is 23.1 Å². The van der Waals surface area contributed by atoms with Gasteiger partial charge in [-0.3, -0.25) is 9.59 Å². The van der Waals surface area contributed by atoms with Crippen LogP contribution in [0.2, 0.25) is 0 Å². The van der Waals surface area contributed by atoms with Gasteiger partial charge in [-0.15, -0.1) is 0 Å². The Hall–Kier alpha value is -1.89. The number of benzene rings is 1. The topological polar surface area (TPSA) is 101 Å². The molecule has 0 radical (unpaired) electrons. The van der Waals surface area contributed by atoms with Crippen LogP contribution in [-0.4, -0.2) is 38.2 Å². The highest BCUT2D eigenvalue weighted by Gasteiger charge is 2.18. The van der Waals surface area contributed by atoms with Crippen molar-refractivity contribution in [2.75, 3.05) is 12.8 Å². The normalized spacial score (nSPS) is 12.7. The number of carbonyl (C=O) groups is 2. The van der Waals surface area contributed by atoms with Crippen LogP contribution < -0.4 is 5.32 Å². The van der Waals surface area contributed by atoms with Gasteiger partial charge in [-0.1, -0.05) is 13.0 Å². The summed E-state index contributed by atoms with van der Waals surface area (Å²) in [6.45, 7) is 3.42. The van der Waals surface area contributed by atoms with E-state index in [0.29, 0.717) is 12.0 Å². The second-order valence-electron chi connectivity index (χ2n) is 4.90. The molecule has 1 aromatic rings. The minimum absolute atomic E-state index is 0.00715. The Morgan fingerprint density at radius 3 is 2.43 bits per heavy atom. The minimum atomic E-state index is -3.40. The number of sulfone groups is 1. The molecule has 1 atom stereocenters. The van der Waals surface area contributed by atoms with E-state index in [1.54, 1.807) is 19.9 Å². The van der Waals surface area contributed by atoms with E-state index in [-0.39, 0.29) is 17.0 Å². The smallest absolute Gasteiger partial charge is 0.308 e. The molecular weight excluding hydrogens is 294 g/mol. The van der Waals surface area contributed by atoms with Crippen LogP contribution in [0.15, 0.2) is 23.1 Å². The fraction of sp³-hybridized carbons (Fsp3) is 0.429. The van der Waals surface area contributed by atoms with E-state index in [1.165, 1.54) is 12.1 Å². The van der Waals surface area contributed by atoms with Crippen molar-refractivity contribution in [1.82, 2.24) is 5.32 Å². The number of rotatable bonds is 6. The standard InChI is InChI=1S/C14H19NO5S/c1-4-10(14(17)18)8-15-13(16)12-7-11(21(3,19)20)6-5-9(12)2/h5-7,10H,4,8H2,1-3H3,(H,15,16)(H,17,18). The molecule has 21 heavy (non-hydrogen) atoms. The lowest BCUT2D eigenvalue weighted by Crippen LogP contribution is -2.33. The Balaban J connectivity index is 2.95. The van der Waals surface area contributed by atoms with Crippen molar-refractivity contribution in [2.45, 2.75) is 25.2 Å². The maximum atomic E-state index is 12.1. The van der Waals surface area contributed by atoms with E-state index >= 15 is 0 Å². The first-order chi connectivity index (χ1) is 9.66. The Morgan fingerprint density at radius 1 is 1.33 bits per heavy atom. The Bertz CT molecular complexity index is 651. The van der Waals surface area contributed by atoms with Gasteiger partial charge in [0.15, 0.2) is 9.84 Å². The molecule has 1 unspecified atom stereocenters. The zero-order valence-electron chi connectivity index (χ0n) is 12.2. The Labute approximate surface area is 124 Å². The molecule has 1 rings (SSSR count). The maximum Gasteiger partial charge on any atom is 0.308 e. The van der Waals surface area contributed by atoms with Gasteiger partial charge in [0, 0.05) is 18.4 Å². The molecular formula is C14H19NO5S. The fourth-order valence-corrected chi connectivity index (χ4v) is 2.44. The molecule has 0 aromatic heterocycles. The molecule has 0 bridgehead atoms. The van der Waals surface area contributed by atoms with Gasteiger partial charge in [-0.25, -0.2) is 8.42 Å². The molecule has 1 amide bonds. The Morgan fingerprint density at radius 2 is 1.95 bits per heavy atom. The monoisotopic (exact) mass is 313 g/mol. The molecule has 0 fully saturated rings. The van der Waals surface area contributed by atoms with Gasteiger partial charge in [0.25, 0.3) is 5.91 Å². The van der Waals surface area contributed by atoms with Crippen LogP contribution in [0.3, 0.4) is 0 Å². The predicted octanol–water partition coefficient (Wildman–Crippen LogP) is 1.24. The summed E-state index contributed by atoms with van der Waals surface area (Å²) >= 11 is 0. The summed E-state index contributed by atoms with van der Waals surface area (Å²) in [6.07, 6.45) is 1.47. The van der Waals surface area contributed by atoms with Gasteiger partial charge in [0.2, 0.25) is 0 Å². The van der Waals surface area contributed by atoms with E-state index < -0.39 is 27.6 Å². The summed E-state index contributed by atoms with van der Waals surface area (Å²) in [7, 11) is -3.40. The largest absolute Gasteiger partial charge is 0.481 e. The highest BCUT2D eigenvalue weighted by atomic mass is 32.2. The van der Waals surface area contributed by atoms with Gasteiger partial charge in [-0.05, 0) is 31.0 Å². The van der Waals surface area contributed by atoms with Crippen molar-refractivity contribution in [3.8, 4) is 0 Å². The van der Waals surface area contributed by atoms with Gasteiger partial charge in [-0.2, -0.15) is 0 Å². The number of aliphatic carboxylic acids is 1. The average Bonchev–Trinajstić information content (AvgIpc) is 2.37. The van der Waals surface area contributed by atoms with E-state index in [4.69, 9.17) is 5.11 Å². The number of aryl methyl sites for hydroxylation is 1. The van der Waals surface area contributed by atoms with Gasteiger partial charge in [0.05, 0.1) is 10.8 Å². The van der Waals surface area contributed by atoms with E-state index in [0.717, 1.165) is 6.26 Å². The number of nitrogens with one attached hydrogen (secondary N) is 1. The summed E-state index contributed by atoms with van der Waals surface area (Å²) < 4.78 is 23.0. The molecule has 116 valence electrons. The van der Waals surface area contributed by atoms with Crippen LogP contribution in [-0.2, 0) is 14.6 Å². The first-order valence-corrected chi connectivity index (χ1v) is 8.37. The van der Waals surface area contributed by atoms with Crippen LogP contribution in [0, 0.1) is 12.8 Å². The molecule has 1 aromatic carbocycles. The first-order valence-electron chi connectivity index (χ1n) is 6.48. The SMILES string of the molecule is CCC(CNC(=O)c1cc(S(C)(=O)=O)ccc1C)C(=O)O. The quantitative estimate of drug-likeness (QED) is 0.823. The third-order valence-electron chi connectivity index (χ3n) is 3.23. The van der Waals surface area contributed by atoms with Crippen molar-refractivity contribution in [2.24, 2.45) is 5.92 Å². The lowest BCUT2D eigenvalue weighted by molar-refractivity contribution is -0.141. The number of carbonyl (C=O) groups excluding carboxylic acids is 1. The third kappa shape index (κ3) is 4.56. The second-order valence-corrected chi connectivity index (χ2v) is 6.92. The lowest BCUT2D eigenvalue weighted by atomic mass is 10.1. The van der Waals surface area contributed by atoms with Gasteiger partial charge < -0.3 is 10.4 Å². The molecule has 6 nitrogen and oxygen atoms in total. The van der Waals surface area contributed by atoms with Gasteiger partial charge >= 0.3 is 5.97 Å². The molecule has 0 aliphatic heterocycles. The van der Waals surface area contributed by atoms with Gasteiger partial charge in [0.1, 0.15) is 0 Å². The number of carboxylic acids is 1. The summed E-state index contributed by atoms with van der Waals surface area (Å²) in [5.41, 5.74) is 0.862. The number of carboxylic acid groups (broad SMARTS) is 1. The van der Waals surface area contributed by atoms with Crippen LogP contribution in [0.25, 0.3) is 0 Å². The first kappa shape index (κ1) is 17.2. The van der Waals surface area contributed by atoms with Crippen molar-refractivity contribution in [3.63, 3.8) is 0 Å². The van der Waals surface area contributed by atoms with Crippen LogP contribution >= 0.6 is 0 Å². The molecule has 0 saturated carbocycles. The molecule has 7 heteroatoms. The number of hydrogen-bond acceptors (Lipinski definition) is 4. The molecule has 0 heterocycles. The van der Waals surface area contributed by atoms with Crippen molar-refractivity contribution in [1.29, 1.82) is 0 Å². The van der Waals surface area contributed by atoms with Crippen molar-refractivity contribution >= 4 is 21.7 Å². The van der Waals surface area contributed by atoms with Crippen LogP contribution in [0.4, 0.5) is 0 Å². The van der Waals surface area contributed by atoms with E-state index in [9.17, 15) is 18.0 Å². The second kappa shape index (κ2) is 6.71. The molecule has 0 aliphatic carbocycles. The third-order valence-corrected chi connectivity index (χ3v) is 4.34. The average molecular weight is 313 g/mol. The molecule has 0 saturated heterocycles. The lowest BCUT2D eigenvalue weighted by Gasteiger charge is -2.12. The maximum absolute atomic E-state index is 12.1. The predicted molar refractivity (Wildman–Crippen MR) is 78.0 cm³/mol. The van der Waals surface area contributed by atoms with E-state index in [2.05, 4.69) is 5.32 Å². The highest BCUT2D eigenvalue weighted by Crippen LogP contribution is 2.15. The summed E-state index contributed by atoms with van der Waals surface area (Å²) in [5.74, 6) is -2.11. The molecule has 0 aliphatic rings. The van der Waals surface area contributed by atoms with Crippen LogP contribution in [0.5, 0.6) is 0 Å². The van der Waals surface area contributed by atoms with E-state index in [1.807, 2.05) is 0 Å². The number of amides is 1. The zero-order valence-corrected chi connectivity index (χ0v) is 13.0. The van der Waals surface area contributed by atoms with Crippen molar-refractivity contribution in [3.05, 3.63) is 29.3 Å². The Kier molecular flexibility index (Phi) is 5.48.